The van der Waals surface area contributed by atoms with Gasteiger partial charge in [0.25, 0.3) is 0 Å². The van der Waals surface area contributed by atoms with Gasteiger partial charge in [0.05, 0.1) is 0 Å². The summed E-state index contributed by atoms with van der Waals surface area (Å²) >= 11 is 0. The summed E-state index contributed by atoms with van der Waals surface area (Å²) in [6.07, 6.45) is 0. The van der Waals surface area contributed by atoms with E-state index in [0.29, 0.717) is 5.92 Å². The summed E-state index contributed by atoms with van der Waals surface area (Å²) in [6.45, 7) is 4.31. The van der Waals surface area contributed by atoms with Gasteiger partial charge in [-0.2, -0.15) is 0 Å². The molecule has 0 fully saturated rings. The van der Waals surface area contributed by atoms with Gasteiger partial charge in [0, 0.05) is 16.8 Å². The second-order valence-electron chi connectivity index (χ2n) is 5.89. The lowest BCUT2D eigenvalue weighted by molar-refractivity contribution is 0.869. The van der Waals surface area contributed by atoms with Crippen LogP contribution in [0, 0.1) is 5.41 Å². The molecule has 3 aromatic rings. The molecule has 3 N–H and O–H groups in total. The van der Waals surface area contributed by atoms with Crippen LogP contribution in [0.5, 0.6) is 0 Å². The zero-order valence-corrected chi connectivity index (χ0v) is 14.7. The number of halogens is 1. The maximum atomic E-state index is 8.25. The zero-order valence-electron chi connectivity index (χ0n) is 13.8. The Labute approximate surface area is 149 Å². The smallest absolute Gasteiger partial charge is 0.197 e. The van der Waals surface area contributed by atoms with Crippen molar-refractivity contribution in [3.05, 3.63) is 72.3 Å². The van der Waals surface area contributed by atoms with Crippen LogP contribution in [0.4, 0.5) is 11.4 Å². The van der Waals surface area contributed by atoms with Crippen molar-refractivity contribution in [2.75, 3.05) is 10.6 Å². The molecule has 0 atom stereocenters. The fourth-order valence-corrected chi connectivity index (χ4v) is 2.75. The van der Waals surface area contributed by atoms with Gasteiger partial charge in [-0.15, -0.1) is 12.4 Å². The Morgan fingerprint density at radius 3 is 2.17 bits per heavy atom. The highest BCUT2D eigenvalue weighted by Gasteiger charge is 2.08. The second-order valence-corrected chi connectivity index (χ2v) is 5.89. The van der Waals surface area contributed by atoms with Gasteiger partial charge in [0.1, 0.15) is 0 Å². The highest BCUT2D eigenvalue weighted by atomic mass is 35.5. The minimum atomic E-state index is 0. The average Bonchev–Trinajstić information content (AvgIpc) is 2.55. The van der Waals surface area contributed by atoms with Gasteiger partial charge in [-0.25, -0.2) is 0 Å². The summed E-state index contributed by atoms with van der Waals surface area (Å²) in [5, 5.41) is 16.9. The Kier molecular flexibility index (Phi) is 5.83. The van der Waals surface area contributed by atoms with E-state index in [0.717, 1.165) is 22.1 Å². The van der Waals surface area contributed by atoms with Crippen LogP contribution in [-0.2, 0) is 0 Å². The van der Waals surface area contributed by atoms with Crippen molar-refractivity contribution in [3.8, 4) is 0 Å². The van der Waals surface area contributed by atoms with Crippen molar-refractivity contribution in [3.63, 3.8) is 0 Å². The van der Waals surface area contributed by atoms with Crippen molar-refractivity contribution in [2.45, 2.75) is 19.8 Å². The van der Waals surface area contributed by atoms with Gasteiger partial charge < -0.3 is 10.6 Å². The molecule has 124 valence electrons. The highest BCUT2D eigenvalue weighted by molar-refractivity contribution is 6.07. The van der Waals surface area contributed by atoms with E-state index in [-0.39, 0.29) is 18.4 Å². The Hall–Kier alpha value is -2.52. The molecular weight excluding hydrogens is 318 g/mol. The largest absolute Gasteiger partial charge is 0.326 e. The van der Waals surface area contributed by atoms with Crippen LogP contribution < -0.4 is 10.6 Å². The number of para-hydroxylation sites is 1. The molecule has 0 saturated heterocycles. The monoisotopic (exact) mass is 339 g/mol. The topological polar surface area (TPSA) is 47.9 Å². The first-order chi connectivity index (χ1) is 11.1. The van der Waals surface area contributed by atoms with E-state index in [2.05, 4.69) is 48.7 Å². The van der Waals surface area contributed by atoms with Crippen LogP contribution in [0.1, 0.15) is 25.3 Å². The molecule has 0 spiro atoms. The first kappa shape index (κ1) is 17.8. The summed E-state index contributed by atoms with van der Waals surface area (Å²) in [6, 6.07) is 22.4. The molecule has 0 aliphatic carbocycles. The van der Waals surface area contributed by atoms with Crippen LogP contribution in [0.25, 0.3) is 10.8 Å². The van der Waals surface area contributed by atoms with Gasteiger partial charge in [0.2, 0.25) is 0 Å². The maximum absolute atomic E-state index is 8.25. The number of fused-ring (bicyclic) bond motifs is 1. The highest BCUT2D eigenvalue weighted by Crippen LogP contribution is 2.25. The normalized spacial score (nSPS) is 10.3. The van der Waals surface area contributed by atoms with E-state index >= 15 is 0 Å². The molecule has 4 heteroatoms. The number of anilines is 2. The number of rotatable bonds is 3. The summed E-state index contributed by atoms with van der Waals surface area (Å²) in [4.78, 5) is 0. The quantitative estimate of drug-likeness (QED) is 0.414. The fourth-order valence-electron chi connectivity index (χ4n) is 2.75. The Morgan fingerprint density at radius 1 is 0.792 bits per heavy atom. The third kappa shape index (κ3) is 3.87. The van der Waals surface area contributed by atoms with Crippen LogP contribution in [0.15, 0.2) is 66.7 Å². The molecule has 0 heterocycles. The lowest BCUT2D eigenvalue weighted by Crippen LogP contribution is -2.21. The predicted molar refractivity (Wildman–Crippen MR) is 107 cm³/mol. The van der Waals surface area contributed by atoms with E-state index < -0.39 is 0 Å². The van der Waals surface area contributed by atoms with Crippen molar-refractivity contribution in [1.82, 2.24) is 0 Å². The van der Waals surface area contributed by atoms with Crippen LogP contribution >= 0.6 is 12.4 Å². The summed E-state index contributed by atoms with van der Waals surface area (Å²) in [7, 11) is 0. The minimum Gasteiger partial charge on any atom is -0.326 e. The Morgan fingerprint density at radius 2 is 1.38 bits per heavy atom. The SMILES string of the molecule is CC(C)c1ccccc1NC(=N)Nc1cccc2ccccc12.Cl. The summed E-state index contributed by atoms with van der Waals surface area (Å²) in [5.41, 5.74) is 3.11. The van der Waals surface area contributed by atoms with Crippen molar-refractivity contribution < 1.29 is 0 Å². The summed E-state index contributed by atoms with van der Waals surface area (Å²) in [5.74, 6) is 0.679. The number of nitrogens with one attached hydrogen (secondary N) is 3. The molecule has 0 aliphatic rings. The number of benzene rings is 3. The molecule has 3 aromatic carbocycles. The van der Waals surface area contributed by atoms with Crippen LogP contribution in [0.3, 0.4) is 0 Å². The van der Waals surface area contributed by atoms with Crippen molar-refractivity contribution >= 4 is 40.5 Å². The van der Waals surface area contributed by atoms with Crippen LogP contribution in [-0.4, -0.2) is 5.96 Å². The standard InChI is InChI=1S/C20H21N3.ClH/c1-14(2)16-10-5-6-12-18(16)22-20(21)23-19-13-7-9-15-8-3-4-11-17(15)19;/h3-14H,1-2H3,(H3,21,22,23);1H. The molecule has 0 bridgehead atoms. The first-order valence-electron chi connectivity index (χ1n) is 7.84. The molecule has 0 aromatic heterocycles. The van der Waals surface area contributed by atoms with E-state index in [1.165, 1.54) is 5.56 Å². The van der Waals surface area contributed by atoms with Gasteiger partial charge in [-0.1, -0.05) is 68.4 Å². The predicted octanol–water partition coefficient (Wildman–Crippen LogP) is 5.84. The summed E-state index contributed by atoms with van der Waals surface area (Å²) < 4.78 is 0. The molecular formula is C20H22ClN3. The number of hydrogen-bond acceptors (Lipinski definition) is 1. The third-order valence-electron chi connectivity index (χ3n) is 3.89. The fraction of sp³-hybridized carbons (Fsp3) is 0.150. The maximum Gasteiger partial charge on any atom is 0.197 e. The lowest BCUT2D eigenvalue weighted by Gasteiger charge is -2.16. The Bertz CT molecular complexity index is 838. The Balaban J connectivity index is 0.00000208. The number of hydrogen-bond donors (Lipinski definition) is 3. The van der Waals surface area contributed by atoms with Gasteiger partial charge >= 0.3 is 0 Å². The van der Waals surface area contributed by atoms with Crippen molar-refractivity contribution in [2.24, 2.45) is 0 Å². The molecule has 3 nitrogen and oxygen atoms in total. The third-order valence-corrected chi connectivity index (χ3v) is 3.89. The molecule has 0 aliphatic heterocycles. The first-order valence-corrected chi connectivity index (χ1v) is 7.84. The molecule has 3 rings (SSSR count). The van der Waals surface area contributed by atoms with Gasteiger partial charge in [-0.05, 0) is 29.0 Å². The number of guanidine groups is 1. The molecule has 0 radical (unpaired) electrons. The van der Waals surface area contributed by atoms with Crippen molar-refractivity contribution in [1.29, 1.82) is 5.41 Å². The minimum absolute atomic E-state index is 0. The van der Waals surface area contributed by atoms with Crippen LogP contribution in [0.2, 0.25) is 0 Å². The molecule has 0 unspecified atom stereocenters. The van der Waals surface area contributed by atoms with Gasteiger partial charge in [-0.3, -0.25) is 5.41 Å². The molecule has 0 saturated carbocycles. The van der Waals surface area contributed by atoms with E-state index in [9.17, 15) is 0 Å². The molecule has 24 heavy (non-hydrogen) atoms. The van der Waals surface area contributed by atoms with E-state index in [1.807, 2.05) is 42.5 Å². The van der Waals surface area contributed by atoms with E-state index in [1.54, 1.807) is 0 Å². The average molecular weight is 340 g/mol. The lowest BCUT2D eigenvalue weighted by atomic mass is 10.0. The van der Waals surface area contributed by atoms with Gasteiger partial charge in [0.15, 0.2) is 5.96 Å². The molecule has 0 amide bonds. The zero-order chi connectivity index (χ0) is 16.2. The van der Waals surface area contributed by atoms with E-state index in [4.69, 9.17) is 5.41 Å². The second kappa shape index (κ2) is 7.84.